The zero-order valence-corrected chi connectivity index (χ0v) is 16.8. The van der Waals surface area contributed by atoms with Gasteiger partial charge in [0, 0.05) is 30.8 Å². The monoisotopic (exact) mass is 434 g/mol. The molecule has 31 heavy (non-hydrogen) atoms. The average Bonchev–Trinajstić information content (AvgIpc) is 3.08. The van der Waals surface area contributed by atoms with Crippen LogP contribution in [0.3, 0.4) is 0 Å². The molecule has 5 N–H and O–H groups in total. The third kappa shape index (κ3) is 5.60. The molecule has 1 aromatic carbocycles. The van der Waals surface area contributed by atoms with Gasteiger partial charge in [-0.05, 0) is 18.1 Å². The van der Waals surface area contributed by atoms with E-state index in [0.717, 1.165) is 10.9 Å². The largest absolute Gasteiger partial charge is 0.481 e. The number of hydrogen-bond acceptors (Lipinski definition) is 6. The minimum atomic E-state index is -1.29. The summed E-state index contributed by atoms with van der Waals surface area (Å²) < 4.78 is 7.70. The number of para-hydroxylation sites is 1. The van der Waals surface area contributed by atoms with Crippen molar-refractivity contribution < 1.29 is 39.5 Å². The van der Waals surface area contributed by atoms with Gasteiger partial charge in [-0.1, -0.05) is 18.2 Å². The molecule has 10 heteroatoms. The summed E-state index contributed by atoms with van der Waals surface area (Å²) in [5.74, 6) is -2.98. The smallest absolute Gasteiger partial charge is 0.326 e. The number of carbonyl (C=O) groups is 3. The summed E-state index contributed by atoms with van der Waals surface area (Å²) in [6.07, 6.45) is 0.0630. The van der Waals surface area contributed by atoms with Gasteiger partial charge in [0.15, 0.2) is 0 Å². The highest BCUT2D eigenvalue weighted by Gasteiger charge is 2.30. The maximum Gasteiger partial charge on any atom is 0.326 e. The van der Waals surface area contributed by atoms with Gasteiger partial charge in [0.05, 0.1) is 30.8 Å². The molecule has 0 saturated carbocycles. The second-order valence-corrected chi connectivity index (χ2v) is 7.67. The minimum absolute atomic E-state index is 0.108. The van der Waals surface area contributed by atoms with Gasteiger partial charge in [0.25, 0.3) is 0 Å². The highest BCUT2D eigenvalue weighted by Crippen LogP contribution is 2.32. The first kappa shape index (κ1) is 22.7. The Morgan fingerprint density at radius 2 is 1.94 bits per heavy atom. The van der Waals surface area contributed by atoms with Crippen molar-refractivity contribution in [2.45, 2.75) is 56.6 Å². The van der Waals surface area contributed by atoms with Crippen molar-refractivity contribution >= 4 is 28.7 Å². The molecule has 1 aliphatic heterocycles. The molecular weight excluding hydrogens is 408 g/mol. The molecule has 0 aliphatic carbocycles. The van der Waals surface area contributed by atoms with Gasteiger partial charge < -0.3 is 35.0 Å². The van der Waals surface area contributed by atoms with Crippen LogP contribution in [0.4, 0.5) is 0 Å². The van der Waals surface area contributed by atoms with E-state index in [4.69, 9.17) is 9.84 Å². The van der Waals surface area contributed by atoms with Crippen LogP contribution in [0, 0.1) is 0 Å². The first-order valence-electron chi connectivity index (χ1n) is 10.0. The Kier molecular flexibility index (Phi) is 7.26. The molecule has 1 saturated heterocycles. The number of aliphatic hydroxyl groups is 2. The number of carbonyl (C=O) groups excluding carboxylic acids is 1. The molecule has 3 rings (SSSR count). The summed E-state index contributed by atoms with van der Waals surface area (Å²) in [6.45, 7) is -0.213. The number of benzene rings is 1. The fourth-order valence-corrected chi connectivity index (χ4v) is 3.86. The van der Waals surface area contributed by atoms with Crippen LogP contribution in [-0.2, 0) is 25.5 Å². The molecule has 4 atom stereocenters. The predicted molar refractivity (Wildman–Crippen MR) is 108 cm³/mol. The van der Waals surface area contributed by atoms with Crippen molar-refractivity contribution in [1.29, 1.82) is 0 Å². The number of aliphatic carboxylic acids is 2. The Labute approximate surface area is 178 Å². The molecule has 0 spiro atoms. The van der Waals surface area contributed by atoms with Gasteiger partial charge in [-0.15, -0.1) is 0 Å². The van der Waals surface area contributed by atoms with E-state index in [9.17, 15) is 29.7 Å². The van der Waals surface area contributed by atoms with E-state index >= 15 is 0 Å². The number of nitrogens with zero attached hydrogens (tertiary/aromatic N) is 1. The molecule has 10 nitrogen and oxygen atoms in total. The van der Waals surface area contributed by atoms with Crippen molar-refractivity contribution in [2.75, 3.05) is 6.61 Å². The van der Waals surface area contributed by atoms with Gasteiger partial charge in [-0.25, -0.2) is 4.79 Å². The number of carboxylic acid groups (broad SMARTS) is 2. The Morgan fingerprint density at radius 3 is 2.61 bits per heavy atom. The van der Waals surface area contributed by atoms with Crippen LogP contribution in [0.25, 0.3) is 10.9 Å². The summed E-state index contributed by atoms with van der Waals surface area (Å²) in [7, 11) is 0. The molecule has 168 valence electrons. The highest BCUT2D eigenvalue weighted by atomic mass is 16.5. The van der Waals surface area contributed by atoms with Crippen molar-refractivity contribution in [3.8, 4) is 0 Å². The normalized spacial score (nSPS) is 22.2. The summed E-state index contributed by atoms with van der Waals surface area (Å²) in [6, 6.07) is 6.03. The zero-order chi connectivity index (χ0) is 22.5. The number of amides is 1. The van der Waals surface area contributed by atoms with E-state index in [1.54, 1.807) is 6.20 Å². The maximum absolute atomic E-state index is 12.5. The summed E-state index contributed by atoms with van der Waals surface area (Å²) in [4.78, 5) is 34.6. The van der Waals surface area contributed by atoms with Gasteiger partial charge in [0.1, 0.15) is 12.3 Å². The Morgan fingerprint density at radius 1 is 1.19 bits per heavy atom. The highest BCUT2D eigenvalue weighted by molar-refractivity contribution is 5.91. The molecule has 1 aliphatic rings. The van der Waals surface area contributed by atoms with Gasteiger partial charge >= 0.3 is 11.9 Å². The van der Waals surface area contributed by atoms with Gasteiger partial charge in [-0.3, -0.25) is 9.59 Å². The molecule has 1 fully saturated rings. The number of nitrogens with one attached hydrogen (secondary N) is 1. The minimum Gasteiger partial charge on any atom is -0.481 e. The third-order valence-corrected chi connectivity index (χ3v) is 5.33. The van der Waals surface area contributed by atoms with Crippen LogP contribution in [0.1, 0.15) is 37.5 Å². The van der Waals surface area contributed by atoms with Crippen molar-refractivity contribution in [1.82, 2.24) is 9.88 Å². The van der Waals surface area contributed by atoms with E-state index in [1.165, 1.54) is 0 Å². The van der Waals surface area contributed by atoms with Crippen molar-refractivity contribution in [3.63, 3.8) is 0 Å². The van der Waals surface area contributed by atoms with Crippen LogP contribution >= 0.6 is 0 Å². The number of hydrogen-bond donors (Lipinski definition) is 5. The first-order valence-corrected chi connectivity index (χ1v) is 10.0. The van der Waals surface area contributed by atoms with E-state index in [0.29, 0.717) is 18.4 Å². The fourth-order valence-electron chi connectivity index (χ4n) is 3.86. The predicted octanol–water partition coefficient (Wildman–Crippen LogP) is 0.649. The number of ether oxygens (including phenoxy) is 1. The summed E-state index contributed by atoms with van der Waals surface area (Å²) >= 11 is 0. The second-order valence-electron chi connectivity index (χ2n) is 7.67. The summed E-state index contributed by atoms with van der Waals surface area (Å²) in [5.41, 5.74) is 1.42. The van der Waals surface area contributed by atoms with Crippen LogP contribution in [-0.4, -0.2) is 67.7 Å². The number of carboxylic acids is 2. The average molecular weight is 434 g/mol. The van der Waals surface area contributed by atoms with Crippen LogP contribution in [0.15, 0.2) is 30.5 Å². The van der Waals surface area contributed by atoms with E-state index in [1.807, 2.05) is 28.8 Å². The lowest BCUT2D eigenvalue weighted by Gasteiger charge is -2.33. The van der Waals surface area contributed by atoms with E-state index < -0.39 is 42.3 Å². The van der Waals surface area contributed by atoms with E-state index in [-0.39, 0.29) is 25.9 Å². The van der Waals surface area contributed by atoms with Crippen LogP contribution in [0.2, 0.25) is 0 Å². The molecule has 1 aromatic heterocycles. The SMILES string of the molecule is O=C(O)CCC(NC(=O)Cc1cn(C2CC(O)CC(CO)O2)c2ccccc12)C(=O)O. The van der Waals surface area contributed by atoms with E-state index in [2.05, 4.69) is 5.32 Å². The quantitative estimate of drug-likeness (QED) is 0.385. The number of fused-ring (bicyclic) bond motifs is 1. The molecule has 2 heterocycles. The number of rotatable bonds is 9. The molecule has 2 aromatic rings. The Hall–Kier alpha value is -2.95. The van der Waals surface area contributed by atoms with Crippen LogP contribution in [0.5, 0.6) is 0 Å². The topological polar surface area (TPSA) is 158 Å². The second kappa shape index (κ2) is 9.90. The van der Waals surface area contributed by atoms with Gasteiger partial charge in [0.2, 0.25) is 5.91 Å². The molecular formula is C21H26N2O8. The number of aromatic nitrogens is 1. The van der Waals surface area contributed by atoms with Crippen LogP contribution < -0.4 is 5.32 Å². The fraction of sp³-hybridized carbons (Fsp3) is 0.476. The van der Waals surface area contributed by atoms with Gasteiger partial charge in [-0.2, -0.15) is 0 Å². The molecule has 4 unspecified atom stereocenters. The summed E-state index contributed by atoms with van der Waals surface area (Å²) in [5, 5.41) is 40.7. The lowest BCUT2D eigenvalue weighted by molar-refractivity contribution is -0.143. The maximum atomic E-state index is 12.5. The zero-order valence-electron chi connectivity index (χ0n) is 16.8. The first-order chi connectivity index (χ1) is 14.8. The van der Waals surface area contributed by atoms with Crippen molar-refractivity contribution in [3.05, 3.63) is 36.0 Å². The number of aliphatic hydroxyl groups excluding tert-OH is 2. The Balaban J connectivity index is 1.80. The van der Waals surface area contributed by atoms with Crippen molar-refractivity contribution in [2.24, 2.45) is 0 Å². The molecule has 0 bridgehead atoms. The Bertz CT molecular complexity index is 956. The standard InChI is InChI=1S/C21H26N2O8/c24-11-14-8-13(25)9-19(31-14)23-10-12(15-3-1-2-4-17(15)23)7-18(26)22-16(21(29)30)5-6-20(27)28/h1-4,10,13-14,16,19,24-25H,5-9,11H2,(H,22,26)(H,27,28)(H,29,30). The lowest BCUT2D eigenvalue weighted by Crippen LogP contribution is -2.41. The molecule has 0 radical (unpaired) electrons. The lowest BCUT2D eigenvalue weighted by atomic mass is 10.0. The third-order valence-electron chi connectivity index (χ3n) is 5.33. The molecule has 1 amide bonds.